The van der Waals surface area contributed by atoms with Gasteiger partial charge in [0.25, 0.3) is 5.91 Å². The van der Waals surface area contributed by atoms with Gasteiger partial charge in [-0.15, -0.1) is 0 Å². The molecule has 11 heteroatoms. The fraction of sp³-hybridized carbons (Fsp3) is 0.409. The lowest BCUT2D eigenvalue weighted by atomic mass is 10.1. The molecule has 1 saturated heterocycles. The van der Waals surface area contributed by atoms with Gasteiger partial charge in [-0.3, -0.25) is 14.0 Å². The van der Waals surface area contributed by atoms with E-state index < -0.39 is 17.6 Å². The van der Waals surface area contributed by atoms with Gasteiger partial charge in [0.2, 0.25) is 5.91 Å². The largest absolute Gasteiger partial charge is 0.472 e. The van der Waals surface area contributed by atoms with Crippen LogP contribution in [0.5, 0.6) is 0 Å². The summed E-state index contributed by atoms with van der Waals surface area (Å²) in [7, 11) is 0. The van der Waals surface area contributed by atoms with Crippen LogP contribution in [0.15, 0.2) is 39.9 Å². The lowest BCUT2D eigenvalue weighted by molar-refractivity contribution is -0.137. The van der Waals surface area contributed by atoms with Crippen molar-refractivity contribution < 1.29 is 27.2 Å². The molecule has 33 heavy (non-hydrogen) atoms. The minimum Gasteiger partial charge on any atom is -0.472 e. The highest BCUT2D eigenvalue weighted by molar-refractivity contribution is 9.10. The molecule has 2 aliphatic rings. The number of fused-ring (bicyclic) bond motifs is 1. The summed E-state index contributed by atoms with van der Waals surface area (Å²) in [6.45, 7) is 0.620. The van der Waals surface area contributed by atoms with Crippen molar-refractivity contribution >= 4 is 33.4 Å². The number of amides is 2. The molecule has 2 amide bonds. The number of aromatic nitrogens is 2. The Morgan fingerprint density at radius 2 is 1.94 bits per heavy atom. The number of nitrogens with zero attached hydrogens (tertiary/aromatic N) is 4. The summed E-state index contributed by atoms with van der Waals surface area (Å²) in [4.78, 5) is 33.1. The van der Waals surface area contributed by atoms with Gasteiger partial charge in [0.05, 0.1) is 18.1 Å². The number of imidazole rings is 1. The molecule has 2 fully saturated rings. The van der Waals surface area contributed by atoms with E-state index in [9.17, 15) is 22.8 Å². The molecule has 3 aromatic heterocycles. The number of piperazine rings is 1. The zero-order valence-electron chi connectivity index (χ0n) is 17.4. The lowest BCUT2D eigenvalue weighted by Crippen LogP contribution is -2.55. The maximum Gasteiger partial charge on any atom is 0.420 e. The number of hydrogen-bond acceptors (Lipinski definition) is 4. The van der Waals surface area contributed by atoms with Crippen LogP contribution >= 0.6 is 15.9 Å². The van der Waals surface area contributed by atoms with Gasteiger partial charge in [-0.1, -0.05) is 12.8 Å². The second-order valence-electron chi connectivity index (χ2n) is 8.35. The van der Waals surface area contributed by atoms with Crippen LogP contribution in [0, 0.1) is 0 Å². The van der Waals surface area contributed by atoms with Gasteiger partial charge in [-0.2, -0.15) is 13.2 Å². The Morgan fingerprint density at radius 1 is 1.18 bits per heavy atom. The Balaban J connectivity index is 1.49. The summed E-state index contributed by atoms with van der Waals surface area (Å²) < 4.78 is 47.8. The van der Waals surface area contributed by atoms with E-state index in [-0.39, 0.29) is 40.0 Å². The standard InChI is InChI=1S/C22H20BrF3N4O3/c23-19-18(21(32)28-6-7-29(17(31)11-28)15-3-1-2-4-15)27-20-16(22(24,25)26)9-14(10-30(19)20)13-5-8-33-12-13/h5,8-10,12,15H,1-4,6-7,11H2. The smallest absolute Gasteiger partial charge is 0.420 e. The number of pyridine rings is 1. The van der Waals surface area contributed by atoms with Gasteiger partial charge < -0.3 is 14.2 Å². The number of rotatable bonds is 3. The molecule has 7 nitrogen and oxygen atoms in total. The van der Waals surface area contributed by atoms with E-state index in [2.05, 4.69) is 20.9 Å². The van der Waals surface area contributed by atoms with Crippen molar-refractivity contribution in [3.05, 3.63) is 46.7 Å². The van der Waals surface area contributed by atoms with Gasteiger partial charge in [0.1, 0.15) is 11.1 Å². The third-order valence-corrected chi connectivity index (χ3v) is 7.09. The van der Waals surface area contributed by atoms with Crippen LogP contribution in [0.2, 0.25) is 0 Å². The lowest BCUT2D eigenvalue weighted by Gasteiger charge is -2.37. The van der Waals surface area contributed by atoms with Crippen molar-refractivity contribution in [1.29, 1.82) is 0 Å². The van der Waals surface area contributed by atoms with E-state index in [0.717, 1.165) is 31.7 Å². The first-order valence-corrected chi connectivity index (χ1v) is 11.4. The number of hydrogen-bond donors (Lipinski definition) is 0. The molecule has 0 bridgehead atoms. The van der Waals surface area contributed by atoms with Crippen molar-refractivity contribution in [2.24, 2.45) is 0 Å². The molecule has 0 spiro atoms. The van der Waals surface area contributed by atoms with Crippen molar-refractivity contribution in [3.8, 4) is 11.1 Å². The summed E-state index contributed by atoms with van der Waals surface area (Å²) in [6.07, 6.45) is 3.61. The predicted octanol–water partition coefficient (Wildman–Crippen LogP) is 4.60. The molecule has 0 unspecified atom stereocenters. The molecule has 4 heterocycles. The van der Waals surface area contributed by atoms with Gasteiger partial charge in [0.15, 0.2) is 11.3 Å². The van der Waals surface area contributed by atoms with Gasteiger partial charge in [0, 0.05) is 36.5 Å². The summed E-state index contributed by atoms with van der Waals surface area (Å²) in [6, 6.07) is 2.75. The Hall–Kier alpha value is -2.82. The third-order valence-electron chi connectivity index (χ3n) is 6.33. The van der Waals surface area contributed by atoms with Gasteiger partial charge >= 0.3 is 6.18 Å². The Kier molecular flexibility index (Phi) is 5.46. The van der Waals surface area contributed by atoms with Crippen LogP contribution in [0.1, 0.15) is 41.7 Å². The van der Waals surface area contributed by atoms with E-state index in [4.69, 9.17) is 4.42 Å². The summed E-state index contributed by atoms with van der Waals surface area (Å²) in [5.41, 5.74) is -0.790. The summed E-state index contributed by atoms with van der Waals surface area (Å²) in [5.74, 6) is -0.720. The summed E-state index contributed by atoms with van der Waals surface area (Å²) in [5, 5.41) is 0. The minimum atomic E-state index is -4.69. The quantitative estimate of drug-likeness (QED) is 0.501. The zero-order valence-corrected chi connectivity index (χ0v) is 19.0. The van der Waals surface area contributed by atoms with Crippen LogP contribution in [0.3, 0.4) is 0 Å². The number of carbonyl (C=O) groups is 2. The van der Waals surface area contributed by atoms with E-state index >= 15 is 0 Å². The number of carbonyl (C=O) groups excluding carboxylic acids is 2. The molecule has 0 atom stereocenters. The third kappa shape index (κ3) is 3.92. The average Bonchev–Trinajstić information content (AvgIpc) is 3.54. The molecule has 1 saturated carbocycles. The van der Waals surface area contributed by atoms with Crippen LogP contribution < -0.4 is 0 Å². The Morgan fingerprint density at radius 3 is 2.58 bits per heavy atom. The fourth-order valence-electron chi connectivity index (χ4n) is 4.66. The highest BCUT2D eigenvalue weighted by Gasteiger charge is 2.38. The van der Waals surface area contributed by atoms with Crippen molar-refractivity contribution in [2.45, 2.75) is 37.9 Å². The topological polar surface area (TPSA) is 71.1 Å². The fourth-order valence-corrected chi connectivity index (χ4v) is 5.19. The van der Waals surface area contributed by atoms with E-state index in [1.165, 1.54) is 28.0 Å². The highest BCUT2D eigenvalue weighted by Crippen LogP contribution is 2.37. The van der Waals surface area contributed by atoms with E-state index in [1.807, 2.05) is 4.90 Å². The zero-order chi connectivity index (χ0) is 23.3. The first kappa shape index (κ1) is 22.0. The van der Waals surface area contributed by atoms with E-state index in [0.29, 0.717) is 18.7 Å². The maximum absolute atomic E-state index is 13.8. The predicted molar refractivity (Wildman–Crippen MR) is 115 cm³/mol. The summed E-state index contributed by atoms with van der Waals surface area (Å²) >= 11 is 3.27. The SMILES string of the molecule is O=C(c1nc2c(C(F)(F)F)cc(-c3ccoc3)cn2c1Br)N1CCN(C2CCCC2)C(=O)C1. The average molecular weight is 525 g/mol. The van der Waals surface area contributed by atoms with Crippen molar-refractivity contribution in [2.75, 3.05) is 19.6 Å². The van der Waals surface area contributed by atoms with Crippen LogP contribution in [0.25, 0.3) is 16.8 Å². The Bertz CT molecular complexity index is 1220. The molecular weight excluding hydrogens is 505 g/mol. The number of halogens is 4. The molecule has 3 aromatic rings. The van der Waals surface area contributed by atoms with Gasteiger partial charge in [-0.25, -0.2) is 4.98 Å². The second kappa shape index (κ2) is 8.19. The molecule has 1 aliphatic carbocycles. The molecule has 0 aromatic carbocycles. The maximum atomic E-state index is 13.8. The van der Waals surface area contributed by atoms with Crippen LogP contribution in [0.4, 0.5) is 13.2 Å². The minimum absolute atomic E-state index is 0.101. The normalized spacial score (nSPS) is 18.0. The van der Waals surface area contributed by atoms with Crippen molar-refractivity contribution in [1.82, 2.24) is 19.2 Å². The number of furan rings is 1. The van der Waals surface area contributed by atoms with Crippen LogP contribution in [-0.2, 0) is 11.0 Å². The molecular formula is C22H20BrF3N4O3. The second-order valence-corrected chi connectivity index (χ2v) is 9.10. The van der Waals surface area contributed by atoms with Crippen molar-refractivity contribution in [3.63, 3.8) is 0 Å². The van der Waals surface area contributed by atoms with E-state index in [1.54, 1.807) is 6.07 Å². The highest BCUT2D eigenvalue weighted by atomic mass is 79.9. The monoisotopic (exact) mass is 524 g/mol. The van der Waals surface area contributed by atoms with Crippen LogP contribution in [-0.4, -0.2) is 56.7 Å². The molecule has 1 aliphatic heterocycles. The first-order chi connectivity index (χ1) is 15.7. The molecule has 5 rings (SSSR count). The molecule has 174 valence electrons. The van der Waals surface area contributed by atoms with Gasteiger partial charge in [-0.05, 0) is 40.9 Å². The Labute approximate surface area is 195 Å². The molecule has 0 radical (unpaired) electrons. The number of alkyl halides is 3. The molecule has 0 N–H and O–H groups in total. The first-order valence-electron chi connectivity index (χ1n) is 10.6.